The van der Waals surface area contributed by atoms with Crippen LogP contribution in [0.2, 0.25) is 0 Å². The van der Waals surface area contributed by atoms with Crippen molar-refractivity contribution >= 4 is 21.4 Å². The maximum Gasteiger partial charge on any atom is 0.217 e. The van der Waals surface area contributed by atoms with Crippen LogP contribution in [0.1, 0.15) is 29.2 Å². The van der Waals surface area contributed by atoms with Gasteiger partial charge < -0.3 is 4.74 Å². The molecule has 0 N–H and O–H groups in total. The van der Waals surface area contributed by atoms with Gasteiger partial charge in [-0.15, -0.1) is 11.3 Å². The average Bonchev–Trinajstić information content (AvgIpc) is 3.25. The molecule has 7 nitrogen and oxygen atoms in total. The highest BCUT2D eigenvalue weighted by molar-refractivity contribution is 7.90. The molecule has 0 amide bonds. The van der Waals surface area contributed by atoms with E-state index in [9.17, 15) is 8.42 Å². The Labute approximate surface area is 145 Å². The number of fused-ring (bicyclic) bond motifs is 1. The predicted molar refractivity (Wildman–Crippen MR) is 90.0 cm³/mol. The molecule has 1 fully saturated rings. The Bertz CT molecular complexity index is 825. The molecule has 3 heterocycles. The largest absolute Gasteiger partial charge is 0.369 e. The third kappa shape index (κ3) is 3.26. The number of ether oxygens (including phenoxy) is 1. The Kier molecular flexibility index (Phi) is 4.19. The van der Waals surface area contributed by atoms with Crippen molar-refractivity contribution in [1.29, 1.82) is 0 Å². The van der Waals surface area contributed by atoms with Crippen molar-refractivity contribution in [3.05, 3.63) is 34.0 Å². The second kappa shape index (κ2) is 6.21. The fourth-order valence-electron chi connectivity index (χ4n) is 2.94. The van der Waals surface area contributed by atoms with Gasteiger partial charge in [0.15, 0.2) is 0 Å². The van der Waals surface area contributed by atoms with Gasteiger partial charge in [0.1, 0.15) is 0 Å². The summed E-state index contributed by atoms with van der Waals surface area (Å²) in [5.74, 6) is 0. The van der Waals surface area contributed by atoms with Crippen molar-refractivity contribution in [2.45, 2.75) is 50.8 Å². The molecule has 0 aromatic carbocycles. The fraction of sp³-hybridized carbons (Fsp3) is 0.600. The van der Waals surface area contributed by atoms with Crippen LogP contribution in [0, 0.1) is 6.92 Å². The molecule has 4 rings (SSSR count). The number of hydrogen-bond donors (Lipinski definition) is 0. The first kappa shape index (κ1) is 16.2. The number of thiazole rings is 1. The summed E-state index contributed by atoms with van der Waals surface area (Å²) in [5.41, 5.74) is 1.80. The molecule has 0 spiro atoms. The lowest BCUT2D eigenvalue weighted by Crippen LogP contribution is -2.39. The van der Waals surface area contributed by atoms with Crippen LogP contribution in [0.25, 0.3) is 0 Å². The van der Waals surface area contributed by atoms with Gasteiger partial charge in [-0.2, -0.15) is 9.40 Å². The minimum Gasteiger partial charge on any atom is -0.369 e. The van der Waals surface area contributed by atoms with Crippen LogP contribution in [0.3, 0.4) is 0 Å². The summed E-state index contributed by atoms with van der Waals surface area (Å²) in [6, 6.07) is 1.88. The van der Waals surface area contributed by atoms with E-state index in [2.05, 4.69) is 10.1 Å². The number of hydrogen-bond acceptors (Lipinski definition) is 6. The second-order valence-electron chi connectivity index (χ2n) is 6.33. The molecule has 1 unspecified atom stereocenters. The number of rotatable bonds is 5. The van der Waals surface area contributed by atoms with Gasteiger partial charge in [-0.05, 0) is 25.8 Å². The molecule has 0 bridgehead atoms. The van der Waals surface area contributed by atoms with E-state index in [4.69, 9.17) is 4.74 Å². The van der Waals surface area contributed by atoms with Crippen molar-refractivity contribution in [2.75, 3.05) is 6.54 Å². The van der Waals surface area contributed by atoms with Gasteiger partial charge >= 0.3 is 0 Å². The first-order chi connectivity index (χ1) is 11.5. The van der Waals surface area contributed by atoms with Crippen molar-refractivity contribution in [3.8, 4) is 0 Å². The zero-order valence-electron chi connectivity index (χ0n) is 13.5. The third-order valence-corrected chi connectivity index (χ3v) is 7.50. The Morgan fingerprint density at radius 2 is 2.21 bits per heavy atom. The molecule has 2 aromatic rings. The van der Waals surface area contributed by atoms with E-state index in [1.54, 1.807) is 21.8 Å². The van der Waals surface area contributed by atoms with Gasteiger partial charge in [0.25, 0.3) is 0 Å². The van der Waals surface area contributed by atoms with E-state index < -0.39 is 10.0 Å². The highest BCUT2D eigenvalue weighted by atomic mass is 32.2. The first-order valence-corrected chi connectivity index (χ1v) is 10.4. The van der Waals surface area contributed by atoms with Gasteiger partial charge in [-0.1, -0.05) is 0 Å². The van der Waals surface area contributed by atoms with Crippen molar-refractivity contribution in [1.82, 2.24) is 19.1 Å². The zero-order chi connectivity index (χ0) is 16.7. The van der Waals surface area contributed by atoms with Gasteiger partial charge in [-0.3, -0.25) is 4.68 Å². The average molecular weight is 368 g/mol. The van der Waals surface area contributed by atoms with Crippen molar-refractivity contribution in [3.63, 3.8) is 0 Å². The number of sulfonamides is 1. The first-order valence-electron chi connectivity index (χ1n) is 8.04. The minimum absolute atomic E-state index is 0.214. The standard InChI is InChI=1S/C15H20N4O3S2/c1-11-17-12(10-23-11)9-22-14-7-18(24(20,21)15-2-3-15)6-13-4-5-16-19(13)8-14/h4-5,10,14-15H,2-3,6-9H2,1H3. The van der Waals surface area contributed by atoms with Crippen LogP contribution >= 0.6 is 11.3 Å². The summed E-state index contributed by atoms with van der Waals surface area (Å²) in [6.45, 7) is 3.64. The SMILES string of the molecule is Cc1nc(COC2CN(S(=O)(=O)C3CC3)Cc3ccnn3C2)cs1. The quantitative estimate of drug-likeness (QED) is 0.800. The summed E-state index contributed by atoms with van der Waals surface area (Å²) >= 11 is 1.59. The Balaban J connectivity index is 1.53. The maximum atomic E-state index is 12.7. The molecule has 0 saturated heterocycles. The molecule has 2 aliphatic rings. The molecule has 24 heavy (non-hydrogen) atoms. The Morgan fingerprint density at radius 3 is 2.92 bits per heavy atom. The fourth-order valence-corrected chi connectivity index (χ4v) is 5.37. The lowest BCUT2D eigenvalue weighted by Gasteiger charge is -2.23. The van der Waals surface area contributed by atoms with E-state index in [0.717, 1.165) is 29.2 Å². The highest BCUT2D eigenvalue weighted by Crippen LogP contribution is 2.32. The second-order valence-corrected chi connectivity index (χ2v) is 9.61. The molecule has 0 radical (unpaired) electrons. The molecule has 1 aliphatic carbocycles. The number of nitrogens with zero attached hydrogens (tertiary/aromatic N) is 4. The Hall–Kier alpha value is -1.29. The van der Waals surface area contributed by atoms with E-state index in [0.29, 0.717) is 26.2 Å². The molecular formula is C15H20N4O3S2. The third-order valence-electron chi connectivity index (χ3n) is 4.37. The van der Waals surface area contributed by atoms with Gasteiger partial charge in [-0.25, -0.2) is 13.4 Å². The zero-order valence-corrected chi connectivity index (χ0v) is 15.1. The van der Waals surface area contributed by atoms with Crippen LogP contribution in [0.5, 0.6) is 0 Å². The van der Waals surface area contributed by atoms with Crippen molar-refractivity contribution in [2.24, 2.45) is 0 Å². The monoisotopic (exact) mass is 368 g/mol. The van der Waals surface area contributed by atoms with Gasteiger partial charge in [0.05, 0.1) is 47.4 Å². The topological polar surface area (TPSA) is 77.3 Å². The van der Waals surface area contributed by atoms with Crippen LogP contribution in [-0.2, 0) is 34.5 Å². The number of aromatic nitrogens is 3. The molecule has 1 aliphatic heterocycles. The van der Waals surface area contributed by atoms with Crippen LogP contribution < -0.4 is 0 Å². The summed E-state index contributed by atoms with van der Waals surface area (Å²) in [7, 11) is -3.25. The number of aryl methyl sites for hydroxylation is 1. The minimum atomic E-state index is -3.25. The molecular weight excluding hydrogens is 348 g/mol. The normalized spacial score (nSPS) is 22.3. The van der Waals surface area contributed by atoms with Crippen molar-refractivity contribution < 1.29 is 13.2 Å². The summed E-state index contributed by atoms with van der Waals surface area (Å²) < 4.78 is 34.8. The predicted octanol–water partition coefficient (Wildman–Crippen LogP) is 1.54. The van der Waals surface area contributed by atoms with Gasteiger partial charge in [0, 0.05) is 18.1 Å². The van der Waals surface area contributed by atoms with Crippen LogP contribution in [0.15, 0.2) is 17.6 Å². The summed E-state index contributed by atoms with van der Waals surface area (Å²) in [4.78, 5) is 4.40. The molecule has 1 atom stereocenters. The molecule has 1 saturated carbocycles. The molecule has 130 valence electrons. The molecule has 9 heteroatoms. The summed E-state index contributed by atoms with van der Waals surface area (Å²) in [6.07, 6.45) is 3.01. The Morgan fingerprint density at radius 1 is 1.38 bits per heavy atom. The lowest BCUT2D eigenvalue weighted by molar-refractivity contribution is 0.0190. The van der Waals surface area contributed by atoms with E-state index in [-0.39, 0.29) is 11.4 Å². The smallest absolute Gasteiger partial charge is 0.217 e. The highest BCUT2D eigenvalue weighted by Gasteiger charge is 2.42. The van der Waals surface area contributed by atoms with E-state index in [1.165, 1.54) is 0 Å². The summed E-state index contributed by atoms with van der Waals surface area (Å²) in [5, 5.41) is 7.07. The van der Waals surface area contributed by atoms with Crippen LogP contribution in [-0.4, -0.2) is 45.4 Å². The lowest BCUT2D eigenvalue weighted by atomic mass is 10.3. The van der Waals surface area contributed by atoms with Crippen LogP contribution in [0.4, 0.5) is 0 Å². The van der Waals surface area contributed by atoms with Gasteiger partial charge in [0.2, 0.25) is 10.0 Å². The molecule has 2 aromatic heterocycles. The maximum absolute atomic E-state index is 12.7. The van der Waals surface area contributed by atoms with E-state index >= 15 is 0 Å². The van der Waals surface area contributed by atoms with E-state index in [1.807, 2.05) is 23.1 Å².